The molecule has 0 aromatic heterocycles. The highest BCUT2D eigenvalue weighted by molar-refractivity contribution is 8.00. The van der Waals surface area contributed by atoms with Crippen LogP contribution in [0.4, 0.5) is 0 Å². The quantitative estimate of drug-likeness (QED) is 0.177. The Balaban J connectivity index is 2.29. The number of unbranched alkanes of at least 4 members (excludes halogenated alkanes) is 2. The van der Waals surface area contributed by atoms with Crippen molar-refractivity contribution in [3.05, 3.63) is 0 Å². The summed E-state index contributed by atoms with van der Waals surface area (Å²) >= 11 is 1.38. The molecular weight excluding hydrogens is 486 g/mol. The standard InChI is InChI=1S/C24H41N5O6S/c1-14(2)13-25-21(32)15(3)27-23(34)17(5)28-22(33)16(4)26-19(30)10-8-7-9-11-29-20(31)12-18(36-6)24(29)35/h14-18H,7-13H2,1-6H3,(H,25,32)(H,26,30)(H,27,34)(H,28,33)/t15-,16-,17-,18?/m0/s1. The summed E-state index contributed by atoms with van der Waals surface area (Å²) in [5.74, 6) is -1.64. The monoisotopic (exact) mass is 527 g/mol. The third-order valence-corrected chi connectivity index (χ3v) is 6.67. The molecule has 1 aliphatic heterocycles. The minimum atomic E-state index is -0.890. The lowest BCUT2D eigenvalue weighted by molar-refractivity contribution is -0.138. The van der Waals surface area contributed by atoms with E-state index in [1.54, 1.807) is 6.92 Å². The van der Waals surface area contributed by atoms with Crippen LogP contribution in [0.15, 0.2) is 0 Å². The third kappa shape index (κ3) is 10.5. The Labute approximate surface area is 217 Å². The Kier molecular flexibility index (Phi) is 13.5. The van der Waals surface area contributed by atoms with Gasteiger partial charge in [-0.3, -0.25) is 33.7 Å². The van der Waals surface area contributed by atoms with Crippen molar-refractivity contribution in [3.63, 3.8) is 0 Å². The van der Waals surface area contributed by atoms with Gasteiger partial charge in [0.1, 0.15) is 18.1 Å². The molecule has 0 aliphatic carbocycles. The van der Waals surface area contributed by atoms with Crippen molar-refractivity contribution in [2.24, 2.45) is 5.92 Å². The summed E-state index contributed by atoms with van der Waals surface area (Å²) in [7, 11) is 0. The number of rotatable bonds is 15. The Morgan fingerprint density at radius 1 is 0.861 bits per heavy atom. The first kappa shape index (κ1) is 31.4. The van der Waals surface area contributed by atoms with E-state index in [2.05, 4.69) is 21.3 Å². The van der Waals surface area contributed by atoms with Gasteiger partial charge in [0, 0.05) is 25.9 Å². The summed E-state index contributed by atoms with van der Waals surface area (Å²) in [5, 5.41) is 10.1. The van der Waals surface area contributed by atoms with Crippen molar-refractivity contribution in [2.45, 2.75) is 90.1 Å². The van der Waals surface area contributed by atoms with Gasteiger partial charge in [-0.2, -0.15) is 11.8 Å². The van der Waals surface area contributed by atoms with Gasteiger partial charge in [0.2, 0.25) is 35.4 Å². The molecule has 4 atom stereocenters. The largest absolute Gasteiger partial charge is 0.354 e. The van der Waals surface area contributed by atoms with E-state index < -0.39 is 29.9 Å². The highest BCUT2D eigenvalue weighted by Crippen LogP contribution is 2.23. The zero-order valence-corrected chi connectivity index (χ0v) is 23.0. The second kappa shape index (κ2) is 15.5. The van der Waals surface area contributed by atoms with Crippen molar-refractivity contribution in [1.82, 2.24) is 26.2 Å². The molecule has 204 valence electrons. The van der Waals surface area contributed by atoms with Gasteiger partial charge >= 0.3 is 0 Å². The van der Waals surface area contributed by atoms with E-state index in [0.29, 0.717) is 32.4 Å². The number of carbonyl (C=O) groups is 6. The van der Waals surface area contributed by atoms with Crippen LogP contribution in [0.2, 0.25) is 0 Å². The summed E-state index contributed by atoms with van der Waals surface area (Å²) in [6.45, 7) is 9.36. The number of thioether (sulfide) groups is 1. The van der Waals surface area contributed by atoms with E-state index in [9.17, 15) is 28.8 Å². The maximum Gasteiger partial charge on any atom is 0.242 e. The molecule has 0 spiro atoms. The summed E-state index contributed by atoms with van der Waals surface area (Å²) in [6.07, 6.45) is 4.08. The Bertz CT molecular complexity index is 821. The minimum absolute atomic E-state index is 0.142. The van der Waals surface area contributed by atoms with Crippen LogP contribution in [-0.2, 0) is 28.8 Å². The predicted octanol–water partition coefficient (Wildman–Crippen LogP) is 0.324. The van der Waals surface area contributed by atoms with Gasteiger partial charge in [-0.1, -0.05) is 20.3 Å². The number of carbonyl (C=O) groups excluding carboxylic acids is 6. The molecule has 0 aromatic carbocycles. The van der Waals surface area contributed by atoms with Crippen LogP contribution >= 0.6 is 11.8 Å². The topological polar surface area (TPSA) is 154 Å². The minimum Gasteiger partial charge on any atom is -0.354 e. The van der Waals surface area contributed by atoms with Crippen molar-refractivity contribution < 1.29 is 28.8 Å². The van der Waals surface area contributed by atoms with Gasteiger partial charge in [0.15, 0.2) is 0 Å². The van der Waals surface area contributed by atoms with Crippen LogP contribution < -0.4 is 21.3 Å². The molecule has 1 unspecified atom stereocenters. The second-order valence-corrected chi connectivity index (χ2v) is 10.6. The van der Waals surface area contributed by atoms with Gasteiger partial charge in [-0.05, 0) is 45.8 Å². The van der Waals surface area contributed by atoms with Crippen molar-refractivity contribution in [3.8, 4) is 0 Å². The third-order valence-electron chi connectivity index (χ3n) is 5.73. The number of nitrogens with zero attached hydrogens (tertiary/aromatic N) is 1. The molecule has 0 aromatic rings. The number of amides is 6. The summed E-state index contributed by atoms with van der Waals surface area (Å²) in [5.41, 5.74) is 0. The normalized spacial score (nSPS) is 18.0. The lowest BCUT2D eigenvalue weighted by atomic mass is 10.1. The molecule has 1 rings (SSSR count). The van der Waals surface area contributed by atoms with E-state index in [0.717, 1.165) is 0 Å². The Morgan fingerprint density at radius 3 is 1.94 bits per heavy atom. The van der Waals surface area contributed by atoms with E-state index in [1.807, 2.05) is 20.1 Å². The summed E-state index contributed by atoms with van der Waals surface area (Å²) in [6, 6.07) is -2.48. The first-order chi connectivity index (χ1) is 16.9. The van der Waals surface area contributed by atoms with Crippen LogP contribution in [0.5, 0.6) is 0 Å². The summed E-state index contributed by atoms with van der Waals surface area (Å²) < 4.78 is 0. The fourth-order valence-electron chi connectivity index (χ4n) is 3.45. The number of likely N-dealkylation sites (tertiary alicyclic amines) is 1. The molecule has 1 aliphatic rings. The number of nitrogens with one attached hydrogen (secondary N) is 4. The molecule has 0 saturated carbocycles. The van der Waals surface area contributed by atoms with Gasteiger partial charge in [-0.25, -0.2) is 0 Å². The van der Waals surface area contributed by atoms with Gasteiger partial charge in [0.25, 0.3) is 0 Å². The molecule has 12 heteroatoms. The van der Waals surface area contributed by atoms with Gasteiger partial charge in [-0.15, -0.1) is 0 Å². The lowest BCUT2D eigenvalue weighted by Gasteiger charge is -2.20. The highest BCUT2D eigenvalue weighted by Gasteiger charge is 2.37. The second-order valence-electron chi connectivity index (χ2n) is 9.51. The lowest BCUT2D eigenvalue weighted by Crippen LogP contribution is -2.54. The van der Waals surface area contributed by atoms with Gasteiger partial charge in [0.05, 0.1) is 5.25 Å². The Hall–Kier alpha value is -2.63. The zero-order chi connectivity index (χ0) is 27.4. The van der Waals surface area contributed by atoms with Crippen molar-refractivity contribution in [1.29, 1.82) is 0 Å². The van der Waals surface area contributed by atoms with Crippen LogP contribution in [0.1, 0.15) is 66.7 Å². The maximum absolute atomic E-state index is 12.4. The van der Waals surface area contributed by atoms with E-state index in [4.69, 9.17) is 0 Å². The number of hydrogen-bond donors (Lipinski definition) is 4. The van der Waals surface area contributed by atoms with E-state index >= 15 is 0 Å². The molecule has 1 saturated heterocycles. The molecule has 0 bridgehead atoms. The highest BCUT2D eigenvalue weighted by atomic mass is 32.2. The van der Waals surface area contributed by atoms with Crippen LogP contribution in [0.3, 0.4) is 0 Å². The van der Waals surface area contributed by atoms with E-state index in [-0.39, 0.29) is 47.6 Å². The van der Waals surface area contributed by atoms with Gasteiger partial charge < -0.3 is 21.3 Å². The molecule has 11 nitrogen and oxygen atoms in total. The SMILES string of the molecule is CSC1CC(=O)N(CCCCCC(=O)N[C@@H](C)C(=O)N[C@@H](C)C(=O)N[C@@H](C)C(=O)NCC(C)C)C1=O. The molecule has 1 fully saturated rings. The molecule has 36 heavy (non-hydrogen) atoms. The first-order valence-corrected chi connectivity index (χ1v) is 13.7. The maximum atomic E-state index is 12.4. The zero-order valence-electron chi connectivity index (χ0n) is 22.1. The van der Waals surface area contributed by atoms with Crippen LogP contribution in [-0.4, -0.2) is 83.1 Å². The fraction of sp³-hybridized carbons (Fsp3) is 0.750. The summed E-state index contributed by atoms with van der Waals surface area (Å²) in [4.78, 5) is 74.2. The average molecular weight is 528 g/mol. The first-order valence-electron chi connectivity index (χ1n) is 12.4. The predicted molar refractivity (Wildman–Crippen MR) is 138 cm³/mol. The van der Waals surface area contributed by atoms with Crippen LogP contribution in [0, 0.1) is 5.92 Å². The molecule has 4 N–H and O–H groups in total. The molecule has 1 heterocycles. The van der Waals surface area contributed by atoms with Crippen molar-refractivity contribution in [2.75, 3.05) is 19.3 Å². The smallest absolute Gasteiger partial charge is 0.242 e. The molecule has 6 amide bonds. The number of hydrogen-bond acceptors (Lipinski definition) is 7. The van der Waals surface area contributed by atoms with Crippen LogP contribution in [0.25, 0.3) is 0 Å². The fourth-order valence-corrected chi connectivity index (χ4v) is 4.09. The van der Waals surface area contributed by atoms with Crippen molar-refractivity contribution >= 4 is 47.2 Å². The molecule has 0 radical (unpaired) electrons. The Morgan fingerprint density at radius 2 is 1.42 bits per heavy atom. The van der Waals surface area contributed by atoms with E-state index in [1.165, 1.54) is 30.5 Å². The average Bonchev–Trinajstić information content (AvgIpc) is 3.09. The number of imide groups is 1. The molecular formula is C24H41N5O6S.